The lowest BCUT2D eigenvalue weighted by Crippen LogP contribution is -2.41. The van der Waals surface area contributed by atoms with Crippen LogP contribution in [0.15, 0.2) is 27.6 Å². The molecule has 0 aliphatic carbocycles. The van der Waals surface area contributed by atoms with Gasteiger partial charge in [-0.25, -0.2) is 12.8 Å². The minimum absolute atomic E-state index is 0.0941. The van der Waals surface area contributed by atoms with Crippen LogP contribution in [-0.4, -0.2) is 37.2 Å². The molecule has 1 unspecified atom stereocenters. The number of carboxylic acids is 1. The molecule has 1 atom stereocenters. The molecule has 1 rings (SSSR count). The summed E-state index contributed by atoms with van der Waals surface area (Å²) in [6.45, 7) is -0.492. The van der Waals surface area contributed by atoms with Crippen LogP contribution >= 0.6 is 15.9 Å². The molecule has 0 radical (unpaired) electrons. The summed E-state index contributed by atoms with van der Waals surface area (Å²) in [6.07, 6.45) is -0.284. The highest BCUT2D eigenvalue weighted by Crippen LogP contribution is 2.19. The van der Waals surface area contributed by atoms with Gasteiger partial charge in [-0.05, 0) is 40.5 Å². The third-order valence-electron chi connectivity index (χ3n) is 2.21. The number of hydrogen-bond donors (Lipinski definition) is 3. The van der Waals surface area contributed by atoms with Crippen LogP contribution in [0.25, 0.3) is 0 Å². The van der Waals surface area contributed by atoms with Crippen molar-refractivity contribution < 1.29 is 27.8 Å². The molecule has 106 valence electrons. The Morgan fingerprint density at radius 1 is 1.47 bits per heavy atom. The van der Waals surface area contributed by atoms with Crippen LogP contribution in [0.4, 0.5) is 4.39 Å². The normalized spacial score (nSPS) is 13.2. The van der Waals surface area contributed by atoms with E-state index in [0.29, 0.717) is 0 Å². The minimum Gasteiger partial charge on any atom is -0.480 e. The topological polar surface area (TPSA) is 104 Å². The van der Waals surface area contributed by atoms with Crippen molar-refractivity contribution in [1.29, 1.82) is 0 Å². The van der Waals surface area contributed by atoms with Crippen LogP contribution in [0.3, 0.4) is 0 Å². The van der Waals surface area contributed by atoms with Crippen LogP contribution in [0, 0.1) is 5.82 Å². The number of aliphatic hydroxyl groups excluding tert-OH is 1. The Kier molecular flexibility index (Phi) is 5.41. The molecule has 0 spiro atoms. The van der Waals surface area contributed by atoms with Crippen molar-refractivity contribution in [3.63, 3.8) is 0 Å². The standard InChI is InChI=1S/C10H11BrFNO5S/c11-7-2-1-6(5-8(7)12)19(17,18)13-9(3-4-14)10(15)16/h1-2,5,9,13-14H,3-4H2,(H,15,16). The number of carbonyl (C=O) groups is 1. The number of carboxylic acid groups (broad SMARTS) is 1. The van der Waals surface area contributed by atoms with Gasteiger partial charge in [-0.15, -0.1) is 0 Å². The summed E-state index contributed by atoms with van der Waals surface area (Å²) in [7, 11) is -4.17. The first kappa shape index (κ1) is 16.0. The van der Waals surface area contributed by atoms with E-state index in [9.17, 15) is 17.6 Å². The van der Waals surface area contributed by atoms with Crippen molar-refractivity contribution in [2.75, 3.05) is 6.61 Å². The van der Waals surface area contributed by atoms with Gasteiger partial charge in [0, 0.05) is 6.61 Å². The van der Waals surface area contributed by atoms with Crippen molar-refractivity contribution >= 4 is 31.9 Å². The van der Waals surface area contributed by atoms with E-state index in [1.165, 1.54) is 6.07 Å². The Morgan fingerprint density at radius 2 is 2.11 bits per heavy atom. The largest absolute Gasteiger partial charge is 0.480 e. The lowest BCUT2D eigenvalue weighted by atomic mass is 10.2. The molecule has 0 saturated heterocycles. The van der Waals surface area contributed by atoms with Crippen LogP contribution in [0.2, 0.25) is 0 Å². The van der Waals surface area contributed by atoms with E-state index >= 15 is 0 Å². The molecule has 0 heterocycles. The van der Waals surface area contributed by atoms with E-state index in [2.05, 4.69) is 15.9 Å². The molecule has 19 heavy (non-hydrogen) atoms. The summed E-state index contributed by atoms with van der Waals surface area (Å²) in [6, 6.07) is 1.63. The number of sulfonamides is 1. The quantitative estimate of drug-likeness (QED) is 0.696. The van der Waals surface area contributed by atoms with Crippen molar-refractivity contribution in [2.24, 2.45) is 0 Å². The molecule has 0 aliphatic heterocycles. The summed E-state index contributed by atoms with van der Waals surface area (Å²) in [5.41, 5.74) is 0. The fraction of sp³-hybridized carbons (Fsp3) is 0.300. The maximum Gasteiger partial charge on any atom is 0.321 e. The molecule has 0 amide bonds. The second-order valence-electron chi connectivity index (χ2n) is 3.60. The van der Waals surface area contributed by atoms with Gasteiger partial charge in [-0.1, -0.05) is 0 Å². The lowest BCUT2D eigenvalue weighted by molar-refractivity contribution is -0.139. The number of nitrogens with one attached hydrogen (secondary N) is 1. The Labute approximate surface area is 117 Å². The number of hydrogen-bond acceptors (Lipinski definition) is 4. The third-order valence-corrected chi connectivity index (χ3v) is 4.33. The van der Waals surface area contributed by atoms with E-state index in [-0.39, 0.29) is 10.9 Å². The molecule has 3 N–H and O–H groups in total. The molecular formula is C10H11BrFNO5S. The van der Waals surface area contributed by atoms with E-state index in [1.807, 2.05) is 4.72 Å². The summed E-state index contributed by atoms with van der Waals surface area (Å²) < 4.78 is 38.9. The van der Waals surface area contributed by atoms with Gasteiger partial charge in [0.05, 0.1) is 9.37 Å². The van der Waals surface area contributed by atoms with Gasteiger partial charge in [0.2, 0.25) is 10.0 Å². The number of aliphatic carboxylic acids is 1. The Morgan fingerprint density at radius 3 is 2.58 bits per heavy atom. The van der Waals surface area contributed by atoms with Crippen LogP contribution in [0.5, 0.6) is 0 Å². The van der Waals surface area contributed by atoms with Gasteiger partial charge in [0.1, 0.15) is 11.9 Å². The van der Waals surface area contributed by atoms with Gasteiger partial charge in [-0.3, -0.25) is 4.79 Å². The fourth-order valence-corrected chi connectivity index (χ4v) is 2.74. The average molecular weight is 356 g/mol. The summed E-state index contributed by atoms with van der Waals surface area (Å²) in [4.78, 5) is 10.4. The highest BCUT2D eigenvalue weighted by atomic mass is 79.9. The van der Waals surface area contributed by atoms with E-state index in [0.717, 1.165) is 12.1 Å². The van der Waals surface area contributed by atoms with E-state index in [1.54, 1.807) is 0 Å². The van der Waals surface area contributed by atoms with Crippen molar-refractivity contribution in [3.8, 4) is 0 Å². The highest BCUT2D eigenvalue weighted by Gasteiger charge is 2.25. The number of halogens is 2. The lowest BCUT2D eigenvalue weighted by Gasteiger charge is -2.13. The molecule has 1 aromatic carbocycles. The molecule has 0 aromatic heterocycles. The predicted octanol–water partition coefficient (Wildman–Crippen LogP) is 0.702. The van der Waals surface area contributed by atoms with Gasteiger partial charge >= 0.3 is 5.97 Å². The molecule has 1 aromatic rings. The van der Waals surface area contributed by atoms with Gasteiger partial charge in [0.25, 0.3) is 0 Å². The smallest absolute Gasteiger partial charge is 0.321 e. The summed E-state index contributed by atoms with van der Waals surface area (Å²) in [5.74, 6) is -2.20. The second kappa shape index (κ2) is 6.42. The Hall–Kier alpha value is -1.03. The maximum atomic E-state index is 13.3. The highest BCUT2D eigenvalue weighted by molar-refractivity contribution is 9.10. The first-order valence-corrected chi connectivity index (χ1v) is 7.36. The second-order valence-corrected chi connectivity index (χ2v) is 6.17. The number of aliphatic hydroxyl groups is 1. The predicted molar refractivity (Wildman–Crippen MR) is 67.5 cm³/mol. The van der Waals surface area contributed by atoms with Crippen LogP contribution in [0.1, 0.15) is 6.42 Å². The first-order chi connectivity index (χ1) is 8.77. The Balaban J connectivity index is 3.03. The minimum atomic E-state index is -4.17. The van der Waals surface area contributed by atoms with E-state index in [4.69, 9.17) is 10.2 Å². The van der Waals surface area contributed by atoms with Gasteiger partial charge in [-0.2, -0.15) is 4.72 Å². The molecular weight excluding hydrogens is 345 g/mol. The van der Waals surface area contributed by atoms with Crippen molar-refractivity contribution in [1.82, 2.24) is 4.72 Å². The fourth-order valence-electron chi connectivity index (χ4n) is 1.26. The van der Waals surface area contributed by atoms with Crippen molar-refractivity contribution in [2.45, 2.75) is 17.4 Å². The zero-order valence-electron chi connectivity index (χ0n) is 9.51. The monoisotopic (exact) mass is 355 g/mol. The molecule has 0 aliphatic rings. The average Bonchev–Trinajstić information content (AvgIpc) is 2.31. The number of rotatable bonds is 6. The Bertz CT molecular complexity index is 577. The number of benzene rings is 1. The SMILES string of the molecule is O=C(O)C(CCO)NS(=O)(=O)c1ccc(Br)c(F)c1. The van der Waals surface area contributed by atoms with Crippen molar-refractivity contribution in [3.05, 3.63) is 28.5 Å². The van der Waals surface area contributed by atoms with Crippen LogP contribution < -0.4 is 4.72 Å². The molecule has 9 heteroatoms. The van der Waals surface area contributed by atoms with Gasteiger partial charge in [0.15, 0.2) is 0 Å². The molecule has 0 fully saturated rings. The zero-order valence-corrected chi connectivity index (χ0v) is 11.9. The van der Waals surface area contributed by atoms with E-state index < -0.39 is 39.4 Å². The van der Waals surface area contributed by atoms with Crippen LogP contribution in [-0.2, 0) is 14.8 Å². The zero-order chi connectivity index (χ0) is 14.6. The van der Waals surface area contributed by atoms with Gasteiger partial charge < -0.3 is 10.2 Å². The molecule has 0 bridgehead atoms. The first-order valence-electron chi connectivity index (χ1n) is 5.09. The maximum absolute atomic E-state index is 13.3. The molecule has 0 saturated carbocycles. The summed E-state index contributed by atoms with van der Waals surface area (Å²) >= 11 is 2.88. The summed E-state index contributed by atoms with van der Waals surface area (Å²) in [5, 5.41) is 17.5. The third kappa shape index (κ3) is 4.23. The molecule has 6 nitrogen and oxygen atoms in total.